The van der Waals surface area contributed by atoms with Crippen LogP contribution in [0.2, 0.25) is 0 Å². The Bertz CT molecular complexity index is 2420. The van der Waals surface area contributed by atoms with Gasteiger partial charge >= 0.3 is 0 Å². The molecule has 44 heavy (non-hydrogen) atoms. The fourth-order valence-electron chi connectivity index (χ4n) is 6.62. The van der Waals surface area contributed by atoms with Crippen LogP contribution in [-0.4, -0.2) is 19.1 Å². The van der Waals surface area contributed by atoms with E-state index in [0.29, 0.717) is 5.95 Å². The van der Waals surface area contributed by atoms with Gasteiger partial charge in [-0.3, -0.25) is 4.57 Å². The van der Waals surface area contributed by atoms with E-state index >= 15 is 0 Å². The predicted molar refractivity (Wildman–Crippen MR) is 182 cm³/mol. The van der Waals surface area contributed by atoms with Gasteiger partial charge in [0.1, 0.15) is 0 Å². The van der Waals surface area contributed by atoms with Crippen molar-refractivity contribution in [3.63, 3.8) is 0 Å². The molecule has 0 atom stereocenters. The van der Waals surface area contributed by atoms with Crippen LogP contribution in [0.4, 0.5) is 0 Å². The van der Waals surface area contributed by atoms with Crippen molar-refractivity contribution in [3.8, 4) is 34.2 Å². The summed E-state index contributed by atoms with van der Waals surface area (Å²) in [6.45, 7) is 0. The molecule has 0 aliphatic heterocycles. The molecule has 4 nitrogen and oxygen atoms in total. The van der Waals surface area contributed by atoms with Crippen molar-refractivity contribution < 1.29 is 0 Å². The predicted octanol–water partition coefficient (Wildman–Crippen LogP) is 10.0. The van der Waals surface area contributed by atoms with E-state index in [9.17, 15) is 0 Å². The summed E-state index contributed by atoms with van der Waals surface area (Å²) in [4.78, 5) is 10.4. The highest BCUT2D eigenvalue weighted by molar-refractivity contribution is 6.26. The van der Waals surface area contributed by atoms with E-state index < -0.39 is 0 Å². The molecule has 0 saturated carbocycles. The van der Waals surface area contributed by atoms with Gasteiger partial charge in [0.2, 0.25) is 5.95 Å². The zero-order valence-corrected chi connectivity index (χ0v) is 23.8. The zero-order chi connectivity index (χ0) is 29.0. The maximum absolute atomic E-state index is 5.22. The Kier molecular flexibility index (Phi) is 5.47. The van der Waals surface area contributed by atoms with E-state index in [4.69, 9.17) is 9.97 Å². The van der Waals surface area contributed by atoms with Gasteiger partial charge in [0.25, 0.3) is 0 Å². The summed E-state index contributed by atoms with van der Waals surface area (Å²) in [5, 5.41) is 4.82. The largest absolute Gasteiger partial charge is 0.309 e. The molecule has 0 bridgehead atoms. The second kappa shape index (κ2) is 9.79. The first-order chi connectivity index (χ1) is 21.8. The van der Waals surface area contributed by atoms with Gasteiger partial charge in [0.05, 0.1) is 33.5 Å². The molecular formula is C40H26N4. The quantitative estimate of drug-likeness (QED) is 0.214. The lowest BCUT2D eigenvalue weighted by atomic mass is 10.1. The number of para-hydroxylation sites is 3. The van der Waals surface area contributed by atoms with Gasteiger partial charge in [-0.05, 0) is 36.4 Å². The topological polar surface area (TPSA) is 35.6 Å². The van der Waals surface area contributed by atoms with Crippen LogP contribution in [0.3, 0.4) is 0 Å². The van der Waals surface area contributed by atoms with Crippen LogP contribution in [0.1, 0.15) is 0 Å². The van der Waals surface area contributed by atoms with Crippen LogP contribution in [0.25, 0.3) is 77.8 Å². The fraction of sp³-hybridized carbons (Fsp3) is 0. The van der Waals surface area contributed by atoms with Gasteiger partial charge in [-0.25, -0.2) is 9.97 Å². The number of hydrogen-bond donors (Lipinski definition) is 0. The lowest BCUT2D eigenvalue weighted by Gasteiger charge is -2.12. The average Bonchev–Trinajstić information content (AvgIpc) is 3.62. The molecule has 3 heterocycles. The second-order valence-corrected chi connectivity index (χ2v) is 11.1. The molecule has 4 heteroatoms. The molecule has 0 unspecified atom stereocenters. The maximum Gasteiger partial charge on any atom is 0.235 e. The number of aromatic nitrogens is 4. The molecule has 9 rings (SSSR count). The Labute approximate surface area is 254 Å². The molecule has 3 aromatic heterocycles. The molecule has 0 spiro atoms. The van der Waals surface area contributed by atoms with Crippen molar-refractivity contribution in [3.05, 3.63) is 158 Å². The minimum atomic E-state index is 0.651. The van der Waals surface area contributed by atoms with Crippen LogP contribution in [-0.2, 0) is 0 Å². The first-order valence-electron chi connectivity index (χ1n) is 14.9. The number of hydrogen-bond acceptors (Lipinski definition) is 2. The molecule has 6 aromatic carbocycles. The van der Waals surface area contributed by atoms with Crippen molar-refractivity contribution in [1.82, 2.24) is 19.1 Å². The van der Waals surface area contributed by atoms with Gasteiger partial charge < -0.3 is 4.57 Å². The molecule has 0 aliphatic carbocycles. The molecular weight excluding hydrogens is 536 g/mol. The standard InChI is InChI=1S/C40H26N4/c1-4-14-27(15-5-1)33-26-34(28-16-6-2-7-17-28)42-40(41-33)44-36-23-13-11-21-32(36)38-37(44)25-24-31-30-20-10-12-22-35(30)43(39(31)38)29-18-8-3-9-19-29/h1-26H. The van der Waals surface area contributed by atoms with Gasteiger partial charge in [-0.2, -0.15) is 0 Å². The number of benzene rings is 6. The lowest BCUT2D eigenvalue weighted by molar-refractivity contribution is 0.996. The minimum Gasteiger partial charge on any atom is -0.309 e. The summed E-state index contributed by atoms with van der Waals surface area (Å²) in [6, 6.07) is 55.2. The van der Waals surface area contributed by atoms with Crippen LogP contribution in [0.15, 0.2) is 158 Å². The lowest BCUT2D eigenvalue weighted by Crippen LogP contribution is -2.04. The first-order valence-corrected chi connectivity index (χ1v) is 14.9. The van der Waals surface area contributed by atoms with Gasteiger partial charge in [0, 0.05) is 38.4 Å². The highest BCUT2D eigenvalue weighted by Gasteiger charge is 2.22. The monoisotopic (exact) mass is 562 g/mol. The van der Waals surface area contributed by atoms with Crippen LogP contribution < -0.4 is 0 Å². The molecule has 206 valence electrons. The maximum atomic E-state index is 5.22. The van der Waals surface area contributed by atoms with Gasteiger partial charge in [-0.1, -0.05) is 121 Å². The molecule has 0 radical (unpaired) electrons. The van der Waals surface area contributed by atoms with E-state index in [0.717, 1.165) is 39.2 Å². The third-order valence-electron chi connectivity index (χ3n) is 8.54. The summed E-state index contributed by atoms with van der Waals surface area (Å²) in [7, 11) is 0. The van der Waals surface area contributed by atoms with Crippen molar-refractivity contribution in [1.29, 1.82) is 0 Å². The van der Waals surface area contributed by atoms with Crippen LogP contribution in [0.5, 0.6) is 0 Å². The molecule has 0 saturated heterocycles. The van der Waals surface area contributed by atoms with E-state index in [1.165, 1.54) is 32.6 Å². The summed E-state index contributed by atoms with van der Waals surface area (Å²) in [5.74, 6) is 0.651. The van der Waals surface area contributed by atoms with Crippen molar-refractivity contribution in [2.75, 3.05) is 0 Å². The van der Waals surface area contributed by atoms with Crippen molar-refractivity contribution >= 4 is 43.6 Å². The number of rotatable bonds is 4. The first kappa shape index (κ1) is 24.6. The van der Waals surface area contributed by atoms with Crippen LogP contribution in [0, 0.1) is 0 Å². The normalized spacial score (nSPS) is 11.6. The molecule has 0 fully saturated rings. The Morgan fingerprint density at radius 3 is 1.55 bits per heavy atom. The molecule has 9 aromatic rings. The number of nitrogens with zero attached hydrogens (tertiary/aromatic N) is 4. The molecule has 0 aliphatic rings. The Morgan fingerprint density at radius 1 is 0.386 bits per heavy atom. The Balaban J connectivity index is 1.43. The minimum absolute atomic E-state index is 0.651. The van der Waals surface area contributed by atoms with E-state index in [1.54, 1.807) is 0 Å². The second-order valence-electron chi connectivity index (χ2n) is 11.1. The summed E-state index contributed by atoms with van der Waals surface area (Å²) in [5.41, 5.74) is 9.55. The summed E-state index contributed by atoms with van der Waals surface area (Å²) < 4.78 is 4.64. The van der Waals surface area contributed by atoms with E-state index in [-0.39, 0.29) is 0 Å². The van der Waals surface area contributed by atoms with Crippen molar-refractivity contribution in [2.45, 2.75) is 0 Å². The van der Waals surface area contributed by atoms with E-state index in [1.807, 2.05) is 12.1 Å². The third kappa shape index (κ3) is 3.71. The van der Waals surface area contributed by atoms with Gasteiger partial charge in [-0.15, -0.1) is 0 Å². The molecule has 0 N–H and O–H groups in total. The smallest absolute Gasteiger partial charge is 0.235 e. The Morgan fingerprint density at radius 2 is 0.909 bits per heavy atom. The van der Waals surface area contributed by atoms with Gasteiger partial charge in [0.15, 0.2) is 0 Å². The van der Waals surface area contributed by atoms with Crippen LogP contribution >= 0.6 is 0 Å². The average molecular weight is 563 g/mol. The number of fused-ring (bicyclic) bond motifs is 7. The SMILES string of the molecule is c1ccc(-c2cc(-c3ccccc3)nc(-n3c4ccccc4c4c3ccc3c5ccccc5n(-c5ccccc5)c34)n2)cc1. The third-order valence-corrected chi connectivity index (χ3v) is 8.54. The Hall–Kier alpha value is -6.00. The molecule has 0 amide bonds. The highest BCUT2D eigenvalue weighted by Crippen LogP contribution is 2.41. The summed E-state index contributed by atoms with van der Waals surface area (Å²) >= 11 is 0. The van der Waals surface area contributed by atoms with Crippen molar-refractivity contribution in [2.24, 2.45) is 0 Å². The summed E-state index contributed by atoms with van der Waals surface area (Å²) in [6.07, 6.45) is 0. The van der Waals surface area contributed by atoms with E-state index in [2.05, 4.69) is 155 Å². The fourth-order valence-corrected chi connectivity index (χ4v) is 6.62. The highest BCUT2D eigenvalue weighted by atomic mass is 15.2. The zero-order valence-electron chi connectivity index (χ0n) is 23.8.